The van der Waals surface area contributed by atoms with Crippen molar-refractivity contribution < 1.29 is 0 Å². The monoisotopic (exact) mass is 219 g/mol. The predicted octanol–water partition coefficient (Wildman–Crippen LogP) is 3.91. The standard InChI is InChI=1S/C15H25N/c1-5-11-16(13(2)3)12-14(4)15-9-7-6-8-10-15/h6-10,13-14H,5,11-12H2,1-4H3/t14-/m1/s1. The van der Waals surface area contributed by atoms with Crippen LogP contribution < -0.4 is 0 Å². The van der Waals surface area contributed by atoms with Crippen LogP contribution in [0.15, 0.2) is 30.3 Å². The Hall–Kier alpha value is -0.820. The van der Waals surface area contributed by atoms with E-state index in [1.54, 1.807) is 0 Å². The van der Waals surface area contributed by atoms with Crippen molar-refractivity contribution in [3.8, 4) is 0 Å². The summed E-state index contributed by atoms with van der Waals surface area (Å²) in [5, 5.41) is 0. The lowest BCUT2D eigenvalue weighted by Crippen LogP contribution is -2.34. The summed E-state index contributed by atoms with van der Waals surface area (Å²) in [6, 6.07) is 11.5. The van der Waals surface area contributed by atoms with E-state index in [2.05, 4.69) is 62.9 Å². The van der Waals surface area contributed by atoms with Crippen molar-refractivity contribution in [2.24, 2.45) is 0 Å². The van der Waals surface area contributed by atoms with E-state index in [-0.39, 0.29) is 0 Å². The molecule has 0 aliphatic rings. The van der Waals surface area contributed by atoms with Gasteiger partial charge >= 0.3 is 0 Å². The van der Waals surface area contributed by atoms with Gasteiger partial charge in [-0.15, -0.1) is 0 Å². The number of hydrogen-bond donors (Lipinski definition) is 0. The minimum atomic E-state index is 0.621. The number of rotatable bonds is 6. The quantitative estimate of drug-likeness (QED) is 0.701. The molecule has 0 N–H and O–H groups in total. The van der Waals surface area contributed by atoms with E-state index in [4.69, 9.17) is 0 Å². The molecule has 1 aromatic carbocycles. The normalized spacial score (nSPS) is 13.4. The molecule has 0 saturated heterocycles. The van der Waals surface area contributed by atoms with E-state index in [0.29, 0.717) is 12.0 Å². The van der Waals surface area contributed by atoms with Crippen molar-refractivity contribution in [2.45, 2.75) is 46.1 Å². The Morgan fingerprint density at radius 3 is 2.19 bits per heavy atom. The fourth-order valence-electron chi connectivity index (χ4n) is 2.09. The van der Waals surface area contributed by atoms with Crippen molar-refractivity contribution in [1.29, 1.82) is 0 Å². The summed E-state index contributed by atoms with van der Waals surface area (Å²) >= 11 is 0. The third kappa shape index (κ3) is 3.97. The fourth-order valence-corrected chi connectivity index (χ4v) is 2.09. The van der Waals surface area contributed by atoms with Crippen LogP contribution in [0.5, 0.6) is 0 Å². The summed E-state index contributed by atoms with van der Waals surface area (Å²) in [6.07, 6.45) is 1.24. The molecule has 0 heterocycles. The minimum Gasteiger partial charge on any atom is -0.300 e. The first-order chi connectivity index (χ1) is 7.65. The van der Waals surface area contributed by atoms with E-state index in [1.807, 2.05) is 0 Å². The zero-order valence-electron chi connectivity index (χ0n) is 11.1. The van der Waals surface area contributed by atoms with Crippen molar-refractivity contribution in [2.75, 3.05) is 13.1 Å². The molecule has 90 valence electrons. The molecule has 0 unspecified atom stereocenters. The maximum atomic E-state index is 2.57. The van der Waals surface area contributed by atoms with Gasteiger partial charge in [0.1, 0.15) is 0 Å². The van der Waals surface area contributed by atoms with Gasteiger partial charge in [0, 0.05) is 12.6 Å². The van der Waals surface area contributed by atoms with E-state index in [1.165, 1.54) is 18.5 Å². The van der Waals surface area contributed by atoms with Gasteiger partial charge in [0.2, 0.25) is 0 Å². The molecule has 1 nitrogen and oxygen atoms in total. The maximum absolute atomic E-state index is 2.57. The van der Waals surface area contributed by atoms with Crippen LogP contribution in [-0.2, 0) is 0 Å². The lowest BCUT2D eigenvalue weighted by atomic mass is 10.00. The van der Waals surface area contributed by atoms with Gasteiger partial charge in [0.25, 0.3) is 0 Å². The highest BCUT2D eigenvalue weighted by atomic mass is 15.1. The topological polar surface area (TPSA) is 3.24 Å². The smallest absolute Gasteiger partial charge is 0.00503 e. The van der Waals surface area contributed by atoms with Crippen molar-refractivity contribution in [3.05, 3.63) is 35.9 Å². The average Bonchev–Trinajstić information content (AvgIpc) is 2.29. The zero-order chi connectivity index (χ0) is 12.0. The highest BCUT2D eigenvalue weighted by Crippen LogP contribution is 2.17. The maximum Gasteiger partial charge on any atom is 0.00503 e. The van der Waals surface area contributed by atoms with Gasteiger partial charge < -0.3 is 4.90 Å². The largest absolute Gasteiger partial charge is 0.300 e. The molecule has 1 rings (SSSR count). The number of nitrogens with zero attached hydrogens (tertiary/aromatic N) is 1. The summed E-state index contributed by atoms with van der Waals surface area (Å²) in [6.45, 7) is 11.5. The molecular formula is C15H25N. The third-order valence-electron chi connectivity index (χ3n) is 3.12. The van der Waals surface area contributed by atoms with Gasteiger partial charge in [-0.25, -0.2) is 0 Å². The summed E-state index contributed by atoms with van der Waals surface area (Å²) in [5.41, 5.74) is 1.45. The van der Waals surface area contributed by atoms with Crippen LogP contribution >= 0.6 is 0 Å². The summed E-state index contributed by atoms with van der Waals surface area (Å²) < 4.78 is 0. The highest BCUT2D eigenvalue weighted by molar-refractivity contribution is 5.19. The summed E-state index contributed by atoms with van der Waals surface area (Å²) in [5.74, 6) is 0.621. The number of benzene rings is 1. The van der Waals surface area contributed by atoms with Crippen LogP contribution in [0.4, 0.5) is 0 Å². The molecule has 0 aromatic heterocycles. The van der Waals surface area contributed by atoms with Crippen LogP contribution in [0.1, 0.15) is 45.6 Å². The van der Waals surface area contributed by atoms with Crippen molar-refractivity contribution in [1.82, 2.24) is 4.90 Å². The van der Waals surface area contributed by atoms with E-state index < -0.39 is 0 Å². The predicted molar refractivity (Wildman–Crippen MR) is 71.9 cm³/mol. The molecule has 0 saturated carbocycles. The first-order valence-corrected chi connectivity index (χ1v) is 6.44. The van der Waals surface area contributed by atoms with Gasteiger partial charge in [-0.1, -0.05) is 44.2 Å². The average molecular weight is 219 g/mol. The van der Waals surface area contributed by atoms with Crippen LogP contribution in [-0.4, -0.2) is 24.0 Å². The van der Waals surface area contributed by atoms with Gasteiger partial charge in [-0.3, -0.25) is 0 Å². The van der Waals surface area contributed by atoms with Crippen LogP contribution in [0, 0.1) is 0 Å². The Labute approximate surface area is 100 Å². The van der Waals surface area contributed by atoms with Crippen LogP contribution in [0.2, 0.25) is 0 Å². The van der Waals surface area contributed by atoms with E-state index in [0.717, 1.165) is 6.54 Å². The summed E-state index contributed by atoms with van der Waals surface area (Å²) in [4.78, 5) is 2.57. The van der Waals surface area contributed by atoms with Crippen molar-refractivity contribution >= 4 is 0 Å². The molecule has 1 heteroatoms. The molecule has 0 radical (unpaired) electrons. The Bertz CT molecular complexity index is 279. The molecule has 0 spiro atoms. The Morgan fingerprint density at radius 2 is 1.69 bits per heavy atom. The molecular weight excluding hydrogens is 194 g/mol. The van der Waals surface area contributed by atoms with Crippen LogP contribution in [0.3, 0.4) is 0 Å². The van der Waals surface area contributed by atoms with Crippen molar-refractivity contribution in [3.63, 3.8) is 0 Å². The second kappa shape index (κ2) is 6.70. The van der Waals surface area contributed by atoms with E-state index >= 15 is 0 Å². The molecule has 1 aromatic rings. The van der Waals surface area contributed by atoms with Gasteiger partial charge in [-0.05, 0) is 38.3 Å². The molecule has 0 fully saturated rings. The SMILES string of the molecule is CCCN(C[C@@H](C)c1ccccc1)C(C)C. The highest BCUT2D eigenvalue weighted by Gasteiger charge is 2.13. The number of hydrogen-bond acceptors (Lipinski definition) is 1. The Balaban J connectivity index is 2.58. The molecule has 16 heavy (non-hydrogen) atoms. The third-order valence-corrected chi connectivity index (χ3v) is 3.12. The zero-order valence-corrected chi connectivity index (χ0v) is 11.1. The van der Waals surface area contributed by atoms with Gasteiger partial charge in [0.05, 0.1) is 0 Å². The molecule has 0 aliphatic carbocycles. The Morgan fingerprint density at radius 1 is 1.06 bits per heavy atom. The fraction of sp³-hybridized carbons (Fsp3) is 0.600. The first-order valence-electron chi connectivity index (χ1n) is 6.44. The van der Waals surface area contributed by atoms with E-state index in [9.17, 15) is 0 Å². The second-order valence-electron chi connectivity index (χ2n) is 4.90. The molecule has 1 atom stereocenters. The molecule has 0 amide bonds. The van der Waals surface area contributed by atoms with Gasteiger partial charge in [0.15, 0.2) is 0 Å². The lowest BCUT2D eigenvalue weighted by Gasteiger charge is -2.29. The minimum absolute atomic E-state index is 0.621. The van der Waals surface area contributed by atoms with Crippen LogP contribution in [0.25, 0.3) is 0 Å². The molecule has 0 aliphatic heterocycles. The second-order valence-corrected chi connectivity index (χ2v) is 4.90. The summed E-state index contributed by atoms with van der Waals surface area (Å²) in [7, 11) is 0. The Kier molecular flexibility index (Phi) is 5.54. The first kappa shape index (κ1) is 13.2. The lowest BCUT2D eigenvalue weighted by molar-refractivity contribution is 0.211. The molecule has 0 bridgehead atoms. The van der Waals surface area contributed by atoms with Gasteiger partial charge in [-0.2, -0.15) is 0 Å².